The molecule has 4 heteroatoms. The zero-order chi connectivity index (χ0) is 12.0. The van der Waals surface area contributed by atoms with Crippen LogP contribution in [0.3, 0.4) is 0 Å². The summed E-state index contributed by atoms with van der Waals surface area (Å²) in [4.78, 5) is 0. The fraction of sp³-hybridized carbons (Fsp3) is 0. The molecule has 1 aromatic rings. The van der Waals surface area contributed by atoms with E-state index in [1.54, 1.807) is 6.07 Å². The summed E-state index contributed by atoms with van der Waals surface area (Å²) in [6.45, 7) is 0. The molecule has 1 rings (SSSR count). The molecule has 0 heterocycles. The number of halogens is 4. The summed E-state index contributed by atoms with van der Waals surface area (Å²) in [5.41, 5.74) is 0.348. The standard InChI is InChI=1S/C12H8F4/c13-8-11(14)10-6-2-1-4-9(10)5-3-7-12(15)16/h1-8H. The van der Waals surface area contributed by atoms with E-state index in [1.807, 2.05) is 0 Å². The largest absolute Gasteiger partial charge is 0.270 e. The first-order chi connectivity index (χ1) is 7.65. The predicted molar refractivity (Wildman–Crippen MR) is 56.0 cm³/mol. The minimum Gasteiger partial charge on any atom is -0.212 e. The Morgan fingerprint density at radius 1 is 1.06 bits per heavy atom. The highest BCUT2D eigenvalue weighted by atomic mass is 19.3. The van der Waals surface area contributed by atoms with Gasteiger partial charge in [-0.2, -0.15) is 8.78 Å². The molecule has 16 heavy (non-hydrogen) atoms. The molecule has 0 unspecified atom stereocenters. The lowest BCUT2D eigenvalue weighted by Gasteiger charge is -2.01. The van der Waals surface area contributed by atoms with Gasteiger partial charge in [-0.15, -0.1) is 0 Å². The van der Waals surface area contributed by atoms with Crippen molar-refractivity contribution in [2.75, 3.05) is 0 Å². The normalized spacial score (nSPS) is 11.9. The molecule has 0 spiro atoms. The van der Waals surface area contributed by atoms with Crippen LogP contribution >= 0.6 is 0 Å². The maximum Gasteiger partial charge on any atom is 0.270 e. The monoisotopic (exact) mass is 228 g/mol. The van der Waals surface area contributed by atoms with Crippen LogP contribution in [0.5, 0.6) is 0 Å². The van der Waals surface area contributed by atoms with E-state index in [9.17, 15) is 17.6 Å². The number of hydrogen-bond acceptors (Lipinski definition) is 0. The molecular formula is C12H8F4. The van der Waals surface area contributed by atoms with E-state index in [0.717, 1.165) is 6.08 Å². The Morgan fingerprint density at radius 3 is 2.38 bits per heavy atom. The van der Waals surface area contributed by atoms with E-state index in [1.165, 1.54) is 24.3 Å². The average Bonchev–Trinajstić information content (AvgIpc) is 2.28. The fourth-order valence-electron chi connectivity index (χ4n) is 1.14. The first-order valence-electron chi connectivity index (χ1n) is 4.40. The van der Waals surface area contributed by atoms with Crippen molar-refractivity contribution in [2.24, 2.45) is 0 Å². The van der Waals surface area contributed by atoms with Gasteiger partial charge >= 0.3 is 0 Å². The summed E-state index contributed by atoms with van der Waals surface area (Å²) in [6.07, 6.45) is 0.902. The lowest BCUT2D eigenvalue weighted by Crippen LogP contribution is -1.83. The maximum absolute atomic E-state index is 13.0. The minimum absolute atomic E-state index is 0.0221. The van der Waals surface area contributed by atoms with E-state index in [4.69, 9.17) is 0 Å². The number of allylic oxidation sites excluding steroid dienone is 2. The molecule has 0 amide bonds. The highest BCUT2D eigenvalue weighted by molar-refractivity contribution is 5.70. The highest BCUT2D eigenvalue weighted by Crippen LogP contribution is 2.21. The molecule has 0 aromatic heterocycles. The van der Waals surface area contributed by atoms with Crippen molar-refractivity contribution >= 4 is 11.9 Å². The zero-order valence-corrected chi connectivity index (χ0v) is 8.13. The summed E-state index contributed by atoms with van der Waals surface area (Å²) in [5.74, 6) is -1.04. The third kappa shape index (κ3) is 3.38. The molecule has 0 bridgehead atoms. The van der Waals surface area contributed by atoms with Gasteiger partial charge in [-0.25, -0.2) is 8.78 Å². The van der Waals surface area contributed by atoms with Crippen molar-refractivity contribution in [2.45, 2.75) is 0 Å². The summed E-state index contributed by atoms with van der Waals surface area (Å²) >= 11 is 0. The van der Waals surface area contributed by atoms with Crippen molar-refractivity contribution in [3.8, 4) is 0 Å². The van der Waals surface area contributed by atoms with Crippen molar-refractivity contribution in [1.29, 1.82) is 0 Å². The van der Waals surface area contributed by atoms with Gasteiger partial charge in [0.25, 0.3) is 6.08 Å². The van der Waals surface area contributed by atoms with Gasteiger partial charge in [-0.05, 0) is 5.56 Å². The number of hydrogen-bond donors (Lipinski definition) is 0. The van der Waals surface area contributed by atoms with Crippen LogP contribution < -0.4 is 0 Å². The SMILES string of the molecule is FC=C(F)c1ccccc1C=CC=C(F)F. The Kier molecular flexibility index (Phi) is 4.51. The van der Waals surface area contributed by atoms with Crippen molar-refractivity contribution < 1.29 is 17.6 Å². The zero-order valence-electron chi connectivity index (χ0n) is 8.13. The van der Waals surface area contributed by atoms with Crippen molar-refractivity contribution in [3.63, 3.8) is 0 Å². The van der Waals surface area contributed by atoms with E-state index in [2.05, 4.69) is 0 Å². The Labute approximate surface area is 90.2 Å². The smallest absolute Gasteiger partial charge is 0.212 e. The summed E-state index contributed by atoms with van der Waals surface area (Å²) in [7, 11) is 0. The molecule has 0 nitrogen and oxygen atoms in total. The van der Waals surface area contributed by atoms with Gasteiger partial charge < -0.3 is 0 Å². The molecule has 1 aromatic carbocycles. The lowest BCUT2D eigenvalue weighted by atomic mass is 10.1. The van der Waals surface area contributed by atoms with Gasteiger partial charge in [0.2, 0.25) is 0 Å². The Balaban J connectivity index is 3.05. The maximum atomic E-state index is 13.0. The second kappa shape index (κ2) is 5.90. The average molecular weight is 228 g/mol. The number of benzene rings is 1. The van der Waals surface area contributed by atoms with Crippen molar-refractivity contribution in [3.05, 3.63) is 60.0 Å². The molecule has 84 valence electrons. The second-order valence-electron chi connectivity index (χ2n) is 2.86. The van der Waals surface area contributed by atoms with Gasteiger partial charge in [0.05, 0.1) is 0 Å². The van der Waals surface area contributed by atoms with E-state index in [0.29, 0.717) is 11.6 Å². The van der Waals surface area contributed by atoms with E-state index >= 15 is 0 Å². The first kappa shape index (κ1) is 12.2. The third-order valence-corrected chi connectivity index (χ3v) is 1.81. The molecule has 0 fully saturated rings. The molecule has 0 atom stereocenters. The van der Waals surface area contributed by atoms with Crippen LogP contribution in [0.4, 0.5) is 17.6 Å². The summed E-state index contributed by atoms with van der Waals surface area (Å²) < 4.78 is 48.5. The molecule has 0 saturated carbocycles. The minimum atomic E-state index is -1.85. The molecule has 0 radical (unpaired) electrons. The quantitative estimate of drug-likeness (QED) is 0.518. The summed E-state index contributed by atoms with van der Waals surface area (Å²) in [5, 5.41) is 0. The van der Waals surface area contributed by atoms with Gasteiger partial charge in [-0.3, -0.25) is 0 Å². The van der Waals surface area contributed by atoms with Crippen LogP contribution in [0, 0.1) is 0 Å². The number of rotatable bonds is 3. The molecule has 0 aliphatic heterocycles. The van der Waals surface area contributed by atoms with Crippen LogP contribution in [-0.4, -0.2) is 0 Å². The molecule has 0 N–H and O–H groups in total. The van der Waals surface area contributed by atoms with E-state index < -0.39 is 11.9 Å². The van der Waals surface area contributed by atoms with Crippen molar-refractivity contribution in [1.82, 2.24) is 0 Å². The second-order valence-corrected chi connectivity index (χ2v) is 2.86. The fourth-order valence-corrected chi connectivity index (χ4v) is 1.14. The van der Waals surface area contributed by atoms with Crippen LogP contribution in [-0.2, 0) is 0 Å². The highest BCUT2D eigenvalue weighted by Gasteiger charge is 2.03. The summed E-state index contributed by atoms with van der Waals surface area (Å²) in [6, 6.07) is 5.99. The van der Waals surface area contributed by atoms with Gasteiger partial charge in [0, 0.05) is 11.6 Å². The predicted octanol–water partition coefficient (Wildman–Crippen LogP) is 4.72. The van der Waals surface area contributed by atoms with Crippen LogP contribution in [0.15, 0.2) is 48.8 Å². The molecule has 0 saturated heterocycles. The third-order valence-electron chi connectivity index (χ3n) is 1.81. The Bertz CT molecular complexity index is 440. The Hall–Kier alpha value is -1.84. The van der Waals surface area contributed by atoms with Crippen LogP contribution in [0.25, 0.3) is 11.9 Å². The van der Waals surface area contributed by atoms with Gasteiger partial charge in [0.15, 0.2) is 5.83 Å². The lowest BCUT2D eigenvalue weighted by molar-refractivity contribution is 0.422. The molecule has 0 aliphatic carbocycles. The topological polar surface area (TPSA) is 0 Å². The van der Waals surface area contributed by atoms with Crippen LogP contribution in [0.2, 0.25) is 0 Å². The molecule has 0 aliphatic rings. The molecular weight excluding hydrogens is 220 g/mol. The van der Waals surface area contributed by atoms with E-state index in [-0.39, 0.29) is 11.9 Å². The van der Waals surface area contributed by atoms with Gasteiger partial charge in [-0.1, -0.05) is 36.4 Å². The first-order valence-corrected chi connectivity index (χ1v) is 4.40. The van der Waals surface area contributed by atoms with Gasteiger partial charge in [0.1, 0.15) is 6.33 Å². The Morgan fingerprint density at radius 2 is 1.75 bits per heavy atom. The van der Waals surface area contributed by atoms with Crippen LogP contribution in [0.1, 0.15) is 11.1 Å².